The Bertz CT molecular complexity index is 877. The predicted octanol–water partition coefficient (Wildman–Crippen LogP) is 3.77. The van der Waals surface area contributed by atoms with Gasteiger partial charge in [0.25, 0.3) is 5.91 Å². The minimum atomic E-state index is -0.932. The van der Waals surface area contributed by atoms with Crippen molar-refractivity contribution < 1.29 is 23.8 Å². The maximum Gasteiger partial charge on any atom is 0.339 e. The Kier molecular flexibility index (Phi) is 6.19. The van der Waals surface area contributed by atoms with Crippen molar-refractivity contribution in [1.29, 1.82) is 0 Å². The lowest BCUT2D eigenvalue weighted by atomic mass is 10.1. The van der Waals surface area contributed by atoms with E-state index in [1.807, 2.05) is 25.1 Å². The Balaban J connectivity index is 1.62. The highest BCUT2D eigenvalue weighted by Crippen LogP contribution is 2.28. The number of nitrogens with one attached hydrogen (secondary N) is 1. The molecule has 148 valence electrons. The van der Waals surface area contributed by atoms with Gasteiger partial charge in [0, 0.05) is 5.69 Å². The smallest absolute Gasteiger partial charge is 0.339 e. The highest BCUT2D eigenvalue weighted by Gasteiger charge is 2.21. The lowest BCUT2D eigenvalue weighted by molar-refractivity contribution is -0.123. The van der Waals surface area contributed by atoms with Crippen molar-refractivity contribution in [3.8, 4) is 11.5 Å². The molecule has 0 radical (unpaired) electrons. The molecule has 2 aromatic rings. The van der Waals surface area contributed by atoms with Gasteiger partial charge < -0.3 is 19.5 Å². The number of methoxy groups -OCH3 is 1. The number of esters is 1. The van der Waals surface area contributed by atoms with Gasteiger partial charge in [-0.25, -0.2) is 4.79 Å². The highest BCUT2D eigenvalue weighted by molar-refractivity contribution is 5.97. The molecule has 0 heterocycles. The van der Waals surface area contributed by atoms with E-state index in [1.54, 1.807) is 25.1 Å². The number of carbonyl (C=O) groups excluding carboxylic acids is 2. The molecular formula is C22H25NO5. The molecule has 1 aliphatic rings. The molecule has 0 spiro atoms. The first kappa shape index (κ1) is 19.7. The van der Waals surface area contributed by atoms with E-state index in [0.29, 0.717) is 18.1 Å². The van der Waals surface area contributed by atoms with Crippen LogP contribution in [0.5, 0.6) is 11.5 Å². The second-order valence-electron chi connectivity index (χ2n) is 6.67. The number of fused-ring (bicyclic) bond motifs is 1. The molecule has 0 unspecified atom stereocenters. The standard InChI is InChI=1S/C22H25NO5/c1-4-27-19-11-9-17(13-20(19)26-3)22(25)28-14(2)21(24)23-18-10-8-15-6-5-7-16(15)12-18/h8-14H,4-7H2,1-3H3,(H,23,24)/t14-/m0/s1. The van der Waals surface area contributed by atoms with Crippen LogP contribution < -0.4 is 14.8 Å². The lowest BCUT2D eigenvalue weighted by Crippen LogP contribution is -2.30. The average molecular weight is 383 g/mol. The Labute approximate surface area is 164 Å². The van der Waals surface area contributed by atoms with Crippen molar-refractivity contribution in [3.05, 3.63) is 53.1 Å². The van der Waals surface area contributed by atoms with Crippen LogP contribution in [0.3, 0.4) is 0 Å². The van der Waals surface area contributed by atoms with Gasteiger partial charge in [-0.05, 0) is 74.6 Å². The number of benzene rings is 2. The molecular weight excluding hydrogens is 358 g/mol. The second kappa shape index (κ2) is 8.78. The van der Waals surface area contributed by atoms with Crippen LogP contribution in [-0.2, 0) is 22.4 Å². The van der Waals surface area contributed by atoms with E-state index in [9.17, 15) is 9.59 Å². The molecule has 1 atom stereocenters. The third-order valence-electron chi connectivity index (χ3n) is 4.72. The van der Waals surface area contributed by atoms with Crippen molar-refractivity contribution in [1.82, 2.24) is 0 Å². The first-order valence-corrected chi connectivity index (χ1v) is 9.46. The van der Waals surface area contributed by atoms with Gasteiger partial charge in [0.05, 0.1) is 19.3 Å². The lowest BCUT2D eigenvalue weighted by Gasteiger charge is -2.15. The molecule has 0 fully saturated rings. The van der Waals surface area contributed by atoms with Crippen molar-refractivity contribution in [2.24, 2.45) is 0 Å². The molecule has 2 aromatic carbocycles. The number of amides is 1. The SMILES string of the molecule is CCOc1ccc(C(=O)O[C@@H](C)C(=O)Nc2ccc3c(c2)CCC3)cc1OC. The van der Waals surface area contributed by atoms with E-state index < -0.39 is 12.1 Å². The van der Waals surface area contributed by atoms with Crippen LogP contribution in [0.25, 0.3) is 0 Å². The molecule has 1 N–H and O–H groups in total. The fourth-order valence-electron chi connectivity index (χ4n) is 3.24. The minimum absolute atomic E-state index is 0.289. The van der Waals surface area contributed by atoms with E-state index in [0.717, 1.165) is 24.9 Å². The summed E-state index contributed by atoms with van der Waals surface area (Å²) in [5.41, 5.74) is 3.61. The average Bonchev–Trinajstić information content (AvgIpc) is 3.16. The third-order valence-corrected chi connectivity index (χ3v) is 4.72. The summed E-state index contributed by atoms with van der Waals surface area (Å²) >= 11 is 0. The van der Waals surface area contributed by atoms with Gasteiger partial charge >= 0.3 is 5.97 Å². The fourth-order valence-corrected chi connectivity index (χ4v) is 3.24. The van der Waals surface area contributed by atoms with Crippen molar-refractivity contribution in [2.45, 2.75) is 39.2 Å². The molecule has 0 aromatic heterocycles. The molecule has 1 aliphatic carbocycles. The van der Waals surface area contributed by atoms with E-state index in [2.05, 4.69) is 5.32 Å². The summed E-state index contributed by atoms with van der Waals surface area (Å²) in [6, 6.07) is 10.7. The minimum Gasteiger partial charge on any atom is -0.493 e. The molecule has 1 amide bonds. The zero-order valence-electron chi connectivity index (χ0n) is 16.4. The normalized spacial score (nSPS) is 13.4. The van der Waals surface area contributed by atoms with Gasteiger partial charge in [0.1, 0.15) is 0 Å². The predicted molar refractivity (Wildman–Crippen MR) is 106 cm³/mol. The van der Waals surface area contributed by atoms with Gasteiger partial charge in [0.2, 0.25) is 0 Å². The van der Waals surface area contributed by atoms with E-state index in [1.165, 1.54) is 18.2 Å². The maximum atomic E-state index is 12.4. The third kappa shape index (κ3) is 4.44. The van der Waals surface area contributed by atoms with Crippen molar-refractivity contribution in [3.63, 3.8) is 0 Å². The van der Waals surface area contributed by atoms with Crippen LogP contribution >= 0.6 is 0 Å². The number of aryl methyl sites for hydroxylation is 2. The summed E-state index contributed by atoms with van der Waals surface area (Å²) in [6.45, 7) is 3.90. The Morgan fingerprint density at radius 2 is 1.86 bits per heavy atom. The topological polar surface area (TPSA) is 73.9 Å². The first-order chi connectivity index (χ1) is 13.5. The second-order valence-corrected chi connectivity index (χ2v) is 6.67. The largest absolute Gasteiger partial charge is 0.493 e. The first-order valence-electron chi connectivity index (χ1n) is 9.46. The van der Waals surface area contributed by atoms with Crippen LogP contribution in [-0.4, -0.2) is 31.7 Å². The van der Waals surface area contributed by atoms with Crippen LogP contribution in [0.15, 0.2) is 36.4 Å². The van der Waals surface area contributed by atoms with E-state index in [4.69, 9.17) is 14.2 Å². The highest BCUT2D eigenvalue weighted by atomic mass is 16.5. The van der Waals surface area contributed by atoms with Gasteiger partial charge in [-0.2, -0.15) is 0 Å². The van der Waals surface area contributed by atoms with Gasteiger partial charge in [-0.1, -0.05) is 6.07 Å². The molecule has 6 nitrogen and oxygen atoms in total. The number of carbonyl (C=O) groups is 2. The van der Waals surface area contributed by atoms with Gasteiger partial charge in [-0.15, -0.1) is 0 Å². The molecule has 6 heteroatoms. The molecule has 0 bridgehead atoms. The quantitative estimate of drug-likeness (QED) is 0.737. The monoisotopic (exact) mass is 383 g/mol. The van der Waals surface area contributed by atoms with Crippen LogP contribution in [0, 0.1) is 0 Å². The number of ether oxygens (including phenoxy) is 3. The fraction of sp³-hybridized carbons (Fsp3) is 0.364. The molecule has 0 saturated carbocycles. The molecule has 28 heavy (non-hydrogen) atoms. The van der Waals surface area contributed by atoms with E-state index >= 15 is 0 Å². The summed E-state index contributed by atoms with van der Waals surface area (Å²) in [4.78, 5) is 24.8. The van der Waals surface area contributed by atoms with Crippen LogP contribution in [0.4, 0.5) is 5.69 Å². The summed E-state index contributed by atoms with van der Waals surface area (Å²) in [5.74, 6) is 0.0117. The number of hydrogen-bond donors (Lipinski definition) is 1. The summed E-state index contributed by atoms with van der Waals surface area (Å²) in [5, 5.41) is 2.82. The molecule has 0 saturated heterocycles. The summed E-state index contributed by atoms with van der Waals surface area (Å²) < 4.78 is 16.0. The van der Waals surface area contributed by atoms with Crippen molar-refractivity contribution in [2.75, 3.05) is 19.0 Å². The van der Waals surface area contributed by atoms with Crippen LogP contribution in [0.2, 0.25) is 0 Å². The van der Waals surface area contributed by atoms with Crippen LogP contribution in [0.1, 0.15) is 41.8 Å². The number of anilines is 1. The van der Waals surface area contributed by atoms with E-state index in [-0.39, 0.29) is 11.5 Å². The van der Waals surface area contributed by atoms with Gasteiger partial charge in [-0.3, -0.25) is 4.79 Å². The van der Waals surface area contributed by atoms with Crippen molar-refractivity contribution >= 4 is 17.6 Å². The molecule has 0 aliphatic heterocycles. The number of rotatable bonds is 7. The van der Waals surface area contributed by atoms with Gasteiger partial charge in [0.15, 0.2) is 17.6 Å². The maximum absolute atomic E-state index is 12.4. The number of hydrogen-bond acceptors (Lipinski definition) is 5. The Hall–Kier alpha value is -3.02. The Morgan fingerprint density at radius 1 is 1.07 bits per heavy atom. The summed E-state index contributed by atoms with van der Waals surface area (Å²) in [6.07, 6.45) is 2.33. The molecule has 3 rings (SSSR count). The zero-order valence-corrected chi connectivity index (χ0v) is 16.4. The summed E-state index contributed by atoms with van der Waals surface area (Å²) in [7, 11) is 1.50. The Morgan fingerprint density at radius 3 is 2.61 bits per heavy atom. The zero-order chi connectivity index (χ0) is 20.1.